The molecule has 72 valence electrons. The van der Waals surface area contributed by atoms with E-state index < -0.39 is 0 Å². The standard InChI is InChI=1S/C9H11Cl2NS/c10-6-9(3-4-9)12-5-7-1-2-8(11)13-7/h1-2,12H,3-6H2. The van der Waals surface area contributed by atoms with Crippen molar-refractivity contribution in [1.29, 1.82) is 0 Å². The maximum atomic E-state index is 5.84. The zero-order valence-electron chi connectivity index (χ0n) is 7.15. The van der Waals surface area contributed by atoms with Crippen LogP contribution < -0.4 is 5.32 Å². The number of nitrogens with one attached hydrogen (secondary N) is 1. The van der Waals surface area contributed by atoms with E-state index in [1.54, 1.807) is 11.3 Å². The van der Waals surface area contributed by atoms with Crippen molar-refractivity contribution in [2.45, 2.75) is 24.9 Å². The quantitative estimate of drug-likeness (QED) is 0.791. The highest BCUT2D eigenvalue weighted by Crippen LogP contribution is 2.37. The fourth-order valence-electron chi connectivity index (χ4n) is 1.23. The third-order valence-electron chi connectivity index (χ3n) is 2.38. The van der Waals surface area contributed by atoms with E-state index in [1.165, 1.54) is 17.7 Å². The minimum absolute atomic E-state index is 0.234. The Morgan fingerprint density at radius 2 is 2.23 bits per heavy atom. The maximum absolute atomic E-state index is 5.84. The number of rotatable bonds is 4. The molecule has 0 bridgehead atoms. The van der Waals surface area contributed by atoms with Crippen LogP contribution in [0.3, 0.4) is 0 Å². The molecule has 2 rings (SSSR count). The molecule has 1 saturated carbocycles. The third kappa shape index (κ3) is 2.38. The van der Waals surface area contributed by atoms with Crippen LogP contribution in [0.5, 0.6) is 0 Å². The Balaban J connectivity index is 1.86. The Labute approximate surface area is 92.0 Å². The highest BCUT2D eigenvalue weighted by atomic mass is 35.5. The normalized spacial score (nSPS) is 18.9. The van der Waals surface area contributed by atoms with Gasteiger partial charge in [0.05, 0.1) is 4.34 Å². The van der Waals surface area contributed by atoms with E-state index in [4.69, 9.17) is 23.2 Å². The summed E-state index contributed by atoms with van der Waals surface area (Å²) < 4.78 is 0.854. The molecule has 0 unspecified atom stereocenters. The summed E-state index contributed by atoms with van der Waals surface area (Å²) in [5.41, 5.74) is 0.234. The van der Waals surface area contributed by atoms with Gasteiger partial charge in [0.25, 0.3) is 0 Å². The van der Waals surface area contributed by atoms with E-state index in [-0.39, 0.29) is 5.54 Å². The van der Waals surface area contributed by atoms with Gasteiger partial charge in [-0.1, -0.05) is 11.6 Å². The Bertz CT molecular complexity index is 294. The van der Waals surface area contributed by atoms with Crippen LogP contribution >= 0.6 is 34.5 Å². The summed E-state index contributed by atoms with van der Waals surface area (Å²) in [6.07, 6.45) is 2.41. The molecule has 1 aliphatic carbocycles. The van der Waals surface area contributed by atoms with Crippen molar-refractivity contribution in [3.05, 3.63) is 21.3 Å². The van der Waals surface area contributed by atoms with Crippen LogP contribution in [0.25, 0.3) is 0 Å². The number of alkyl halides is 1. The molecule has 1 fully saturated rings. The highest BCUT2D eigenvalue weighted by Gasteiger charge is 2.41. The largest absolute Gasteiger partial charge is 0.305 e. The molecular weight excluding hydrogens is 225 g/mol. The van der Waals surface area contributed by atoms with Crippen molar-refractivity contribution >= 4 is 34.5 Å². The van der Waals surface area contributed by atoms with Crippen molar-refractivity contribution in [2.24, 2.45) is 0 Å². The summed E-state index contributed by atoms with van der Waals surface area (Å²) in [5.74, 6) is 0.714. The van der Waals surface area contributed by atoms with Crippen LogP contribution in [0.1, 0.15) is 17.7 Å². The van der Waals surface area contributed by atoms with Crippen LogP contribution in [-0.4, -0.2) is 11.4 Å². The van der Waals surface area contributed by atoms with Crippen molar-refractivity contribution in [2.75, 3.05) is 5.88 Å². The van der Waals surface area contributed by atoms with Crippen LogP contribution in [-0.2, 0) is 6.54 Å². The summed E-state index contributed by atoms with van der Waals surface area (Å²) in [7, 11) is 0. The second-order valence-corrected chi connectivity index (χ2v) is 5.54. The van der Waals surface area contributed by atoms with Gasteiger partial charge in [0.1, 0.15) is 0 Å². The van der Waals surface area contributed by atoms with Gasteiger partial charge in [-0.15, -0.1) is 22.9 Å². The van der Waals surface area contributed by atoms with Crippen molar-refractivity contribution in [1.82, 2.24) is 5.32 Å². The van der Waals surface area contributed by atoms with Crippen LogP contribution in [0.4, 0.5) is 0 Å². The lowest BCUT2D eigenvalue weighted by Gasteiger charge is -2.12. The molecule has 13 heavy (non-hydrogen) atoms. The molecule has 0 amide bonds. The molecule has 0 aromatic carbocycles. The number of hydrogen-bond donors (Lipinski definition) is 1. The molecular formula is C9H11Cl2NS. The Kier molecular flexibility index (Phi) is 2.84. The van der Waals surface area contributed by atoms with E-state index in [0.717, 1.165) is 10.9 Å². The number of thiophene rings is 1. The van der Waals surface area contributed by atoms with Gasteiger partial charge in [0, 0.05) is 22.8 Å². The van der Waals surface area contributed by atoms with E-state index >= 15 is 0 Å². The van der Waals surface area contributed by atoms with Gasteiger partial charge in [-0.3, -0.25) is 0 Å². The molecule has 0 radical (unpaired) electrons. The van der Waals surface area contributed by atoms with Crippen LogP contribution in [0.2, 0.25) is 4.34 Å². The molecule has 4 heteroatoms. The average Bonchev–Trinajstić information content (AvgIpc) is 2.81. The lowest BCUT2D eigenvalue weighted by molar-refractivity contribution is 0.546. The minimum Gasteiger partial charge on any atom is -0.305 e. The predicted octanol–water partition coefficient (Wildman–Crippen LogP) is 3.26. The van der Waals surface area contributed by atoms with Gasteiger partial charge in [-0.2, -0.15) is 0 Å². The predicted molar refractivity (Wildman–Crippen MR) is 58.9 cm³/mol. The van der Waals surface area contributed by atoms with Crippen molar-refractivity contribution in [3.8, 4) is 0 Å². The van der Waals surface area contributed by atoms with Gasteiger partial charge >= 0.3 is 0 Å². The minimum atomic E-state index is 0.234. The second kappa shape index (κ2) is 3.77. The van der Waals surface area contributed by atoms with Gasteiger partial charge in [0.2, 0.25) is 0 Å². The molecule has 1 N–H and O–H groups in total. The SMILES string of the molecule is ClCC1(NCc2ccc(Cl)s2)CC1. The van der Waals surface area contributed by atoms with Crippen molar-refractivity contribution < 1.29 is 0 Å². The molecule has 1 nitrogen and oxygen atoms in total. The Morgan fingerprint density at radius 3 is 2.69 bits per heavy atom. The fourth-order valence-corrected chi connectivity index (χ4v) is 2.62. The van der Waals surface area contributed by atoms with E-state index in [0.29, 0.717) is 5.88 Å². The monoisotopic (exact) mass is 235 g/mol. The van der Waals surface area contributed by atoms with Gasteiger partial charge < -0.3 is 5.32 Å². The van der Waals surface area contributed by atoms with E-state index in [9.17, 15) is 0 Å². The molecule has 0 spiro atoms. The summed E-state index contributed by atoms with van der Waals surface area (Å²) in [4.78, 5) is 1.28. The average molecular weight is 236 g/mol. The van der Waals surface area contributed by atoms with E-state index in [2.05, 4.69) is 11.4 Å². The first-order valence-corrected chi connectivity index (χ1v) is 6.02. The van der Waals surface area contributed by atoms with E-state index in [1.807, 2.05) is 6.07 Å². The lowest BCUT2D eigenvalue weighted by atomic mass is 10.3. The molecule has 1 aromatic rings. The molecule has 1 heterocycles. The van der Waals surface area contributed by atoms with Crippen molar-refractivity contribution in [3.63, 3.8) is 0 Å². The lowest BCUT2D eigenvalue weighted by Crippen LogP contribution is -2.31. The fraction of sp³-hybridized carbons (Fsp3) is 0.556. The first kappa shape index (κ1) is 9.78. The number of halogens is 2. The van der Waals surface area contributed by atoms with Gasteiger partial charge in [-0.05, 0) is 25.0 Å². The maximum Gasteiger partial charge on any atom is 0.0931 e. The Hall–Kier alpha value is 0.240. The van der Waals surface area contributed by atoms with Crippen LogP contribution in [0, 0.1) is 0 Å². The molecule has 1 aromatic heterocycles. The Morgan fingerprint density at radius 1 is 1.46 bits per heavy atom. The first-order chi connectivity index (χ1) is 6.24. The second-order valence-electron chi connectivity index (χ2n) is 3.47. The summed E-state index contributed by atoms with van der Waals surface area (Å²) >= 11 is 13.3. The highest BCUT2D eigenvalue weighted by molar-refractivity contribution is 7.16. The molecule has 0 saturated heterocycles. The summed E-state index contributed by atoms with van der Waals surface area (Å²) in [6, 6.07) is 3.99. The molecule has 0 aliphatic heterocycles. The zero-order valence-corrected chi connectivity index (χ0v) is 9.48. The topological polar surface area (TPSA) is 12.0 Å². The van der Waals surface area contributed by atoms with Gasteiger partial charge in [-0.25, -0.2) is 0 Å². The smallest absolute Gasteiger partial charge is 0.0931 e. The third-order valence-corrected chi connectivity index (χ3v) is 4.12. The first-order valence-electron chi connectivity index (χ1n) is 4.29. The summed E-state index contributed by atoms with van der Waals surface area (Å²) in [6.45, 7) is 0.893. The summed E-state index contributed by atoms with van der Waals surface area (Å²) in [5, 5.41) is 3.47. The molecule has 1 aliphatic rings. The molecule has 0 atom stereocenters. The number of hydrogen-bond acceptors (Lipinski definition) is 2. The van der Waals surface area contributed by atoms with Crippen LogP contribution in [0.15, 0.2) is 12.1 Å². The van der Waals surface area contributed by atoms with Gasteiger partial charge in [0.15, 0.2) is 0 Å². The zero-order chi connectivity index (χ0) is 9.31.